The lowest BCUT2D eigenvalue weighted by Gasteiger charge is -2.16. The Kier molecular flexibility index (Phi) is 6.16. The number of hydrogen-bond acceptors (Lipinski definition) is 4. The van der Waals surface area contributed by atoms with Crippen molar-refractivity contribution in [2.24, 2.45) is 5.73 Å². The molecule has 0 aromatic rings. The van der Waals surface area contributed by atoms with Gasteiger partial charge in [-0.1, -0.05) is 6.42 Å². The molecule has 5 nitrogen and oxygen atoms in total. The zero-order valence-electron chi connectivity index (χ0n) is 11.9. The van der Waals surface area contributed by atoms with E-state index in [1.807, 2.05) is 11.8 Å². The Hall–Kier alpha value is -0.750. The monoisotopic (exact) mass is 299 g/mol. The van der Waals surface area contributed by atoms with E-state index >= 15 is 0 Å². The van der Waals surface area contributed by atoms with Gasteiger partial charge in [0, 0.05) is 23.8 Å². The van der Waals surface area contributed by atoms with E-state index in [9.17, 15) is 9.59 Å². The molecule has 2 aliphatic heterocycles. The predicted molar refractivity (Wildman–Crippen MR) is 81.9 cm³/mol. The summed E-state index contributed by atoms with van der Waals surface area (Å²) in [5.74, 6) is 1.37. The molecule has 4 N–H and O–H groups in total. The number of carbonyl (C=O) groups is 2. The second-order valence-corrected chi connectivity index (χ2v) is 6.92. The number of ketones is 1. The molecule has 0 spiro atoms. The molecule has 0 aromatic carbocycles. The van der Waals surface area contributed by atoms with Crippen molar-refractivity contribution in [2.45, 2.75) is 62.3 Å². The fourth-order valence-electron chi connectivity index (χ4n) is 2.90. The van der Waals surface area contributed by atoms with Crippen molar-refractivity contribution in [3.05, 3.63) is 0 Å². The van der Waals surface area contributed by atoms with Crippen LogP contribution in [0.3, 0.4) is 0 Å². The van der Waals surface area contributed by atoms with Crippen molar-refractivity contribution in [1.82, 2.24) is 10.6 Å². The topological polar surface area (TPSA) is 84.2 Å². The highest BCUT2D eigenvalue weighted by molar-refractivity contribution is 8.00. The van der Waals surface area contributed by atoms with Crippen molar-refractivity contribution in [1.29, 1.82) is 0 Å². The fraction of sp³-hybridized carbons (Fsp3) is 0.857. The number of urea groups is 1. The normalized spacial score (nSPS) is 28.1. The van der Waals surface area contributed by atoms with Crippen LogP contribution in [0.5, 0.6) is 0 Å². The Morgan fingerprint density at radius 2 is 1.95 bits per heavy atom. The van der Waals surface area contributed by atoms with Gasteiger partial charge in [0.25, 0.3) is 0 Å². The van der Waals surface area contributed by atoms with Gasteiger partial charge in [-0.15, -0.1) is 0 Å². The van der Waals surface area contributed by atoms with Gasteiger partial charge in [0.05, 0.1) is 12.1 Å². The number of nitrogens with two attached hydrogens (primary N) is 1. The Morgan fingerprint density at radius 3 is 2.70 bits per heavy atom. The average Bonchev–Trinajstić information content (AvgIpc) is 2.95. The fourth-order valence-corrected chi connectivity index (χ4v) is 4.45. The first-order valence-electron chi connectivity index (χ1n) is 7.61. The van der Waals surface area contributed by atoms with E-state index in [-0.39, 0.29) is 12.1 Å². The number of fused-ring (bicyclic) bond motifs is 1. The lowest BCUT2D eigenvalue weighted by atomic mass is 10.0. The molecule has 0 radical (unpaired) electrons. The molecule has 0 bridgehead atoms. The molecule has 2 amide bonds. The Labute approximate surface area is 124 Å². The smallest absolute Gasteiger partial charge is 0.315 e. The molecule has 1 unspecified atom stereocenters. The lowest BCUT2D eigenvalue weighted by Crippen LogP contribution is -2.36. The summed E-state index contributed by atoms with van der Waals surface area (Å²) in [6.07, 6.45) is 6.37. The molecule has 0 aromatic heterocycles. The van der Waals surface area contributed by atoms with Crippen molar-refractivity contribution < 1.29 is 9.59 Å². The Balaban J connectivity index is 1.55. The van der Waals surface area contributed by atoms with Gasteiger partial charge >= 0.3 is 6.03 Å². The van der Waals surface area contributed by atoms with Crippen LogP contribution in [0.2, 0.25) is 0 Å². The van der Waals surface area contributed by atoms with Crippen LogP contribution in [0.1, 0.15) is 44.9 Å². The maximum absolute atomic E-state index is 11.6. The number of Topliss-reactive ketones (excluding diaryl/α,β-unsaturated/α-hetero) is 1. The van der Waals surface area contributed by atoms with Gasteiger partial charge < -0.3 is 16.4 Å². The molecule has 0 aliphatic carbocycles. The van der Waals surface area contributed by atoms with E-state index in [0.717, 1.165) is 37.9 Å². The van der Waals surface area contributed by atoms with E-state index in [0.29, 0.717) is 36.5 Å². The van der Waals surface area contributed by atoms with E-state index < -0.39 is 0 Å². The van der Waals surface area contributed by atoms with Crippen LogP contribution in [0.25, 0.3) is 0 Å². The Bertz CT molecular complexity index is 351. The van der Waals surface area contributed by atoms with E-state index in [4.69, 9.17) is 5.73 Å². The highest BCUT2D eigenvalue weighted by Gasteiger charge is 2.42. The predicted octanol–water partition coefficient (Wildman–Crippen LogP) is 1.41. The molecule has 2 fully saturated rings. The molecule has 6 heteroatoms. The summed E-state index contributed by atoms with van der Waals surface area (Å²) >= 11 is 1.94. The van der Waals surface area contributed by atoms with Crippen molar-refractivity contribution in [2.75, 3.05) is 12.3 Å². The van der Waals surface area contributed by atoms with Gasteiger partial charge in [0.1, 0.15) is 5.78 Å². The van der Waals surface area contributed by atoms with Gasteiger partial charge in [-0.2, -0.15) is 11.8 Å². The Morgan fingerprint density at radius 1 is 1.20 bits per heavy atom. The molecule has 2 rings (SSSR count). The third kappa shape index (κ3) is 4.38. The van der Waals surface area contributed by atoms with Gasteiger partial charge in [0.2, 0.25) is 0 Å². The quantitative estimate of drug-likeness (QED) is 0.444. The molecular formula is C14H25N3O2S. The van der Waals surface area contributed by atoms with E-state index in [1.54, 1.807) is 0 Å². The number of unbranched alkanes of at least 4 members (excludes halogenated alkanes) is 2. The van der Waals surface area contributed by atoms with E-state index in [2.05, 4.69) is 10.6 Å². The van der Waals surface area contributed by atoms with Crippen LogP contribution in [-0.2, 0) is 4.79 Å². The van der Waals surface area contributed by atoms with Crippen molar-refractivity contribution >= 4 is 23.6 Å². The number of hydrogen-bond donors (Lipinski definition) is 3. The average molecular weight is 299 g/mol. The summed E-state index contributed by atoms with van der Waals surface area (Å²) in [4.78, 5) is 22.9. The highest BCUT2D eigenvalue weighted by Crippen LogP contribution is 2.33. The molecular weight excluding hydrogens is 274 g/mol. The SMILES string of the molecule is NCCCCC(=O)CCCCC1SC[C@@H]2NC(=O)N[C@H]12. The molecule has 20 heavy (non-hydrogen) atoms. The third-order valence-electron chi connectivity index (χ3n) is 4.04. The van der Waals surface area contributed by atoms with E-state index in [1.165, 1.54) is 0 Å². The minimum absolute atomic E-state index is 0.0274. The van der Waals surface area contributed by atoms with Gasteiger partial charge in [-0.25, -0.2) is 4.79 Å². The lowest BCUT2D eigenvalue weighted by molar-refractivity contribution is -0.119. The minimum atomic E-state index is -0.0274. The number of rotatable bonds is 9. The van der Waals surface area contributed by atoms with Crippen molar-refractivity contribution in [3.63, 3.8) is 0 Å². The van der Waals surface area contributed by atoms with Gasteiger partial charge in [0.15, 0.2) is 0 Å². The zero-order chi connectivity index (χ0) is 14.4. The molecule has 114 valence electrons. The first-order chi connectivity index (χ1) is 9.70. The summed E-state index contributed by atoms with van der Waals surface area (Å²) in [6.45, 7) is 0.675. The highest BCUT2D eigenvalue weighted by atomic mass is 32.2. The first-order valence-corrected chi connectivity index (χ1v) is 8.66. The second kappa shape index (κ2) is 7.88. The van der Waals surface area contributed by atoms with Crippen LogP contribution >= 0.6 is 11.8 Å². The summed E-state index contributed by atoms with van der Waals surface area (Å²) in [5.41, 5.74) is 5.41. The summed E-state index contributed by atoms with van der Waals surface area (Å²) in [7, 11) is 0. The van der Waals surface area contributed by atoms with Crippen LogP contribution in [-0.4, -0.2) is 41.4 Å². The second-order valence-electron chi connectivity index (χ2n) is 5.65. The number of carbonyl (C=O) groups excluding carboxylic acids is 2. The van der Waals surface area contributed by atoms with Crippen LogP contribution < -0.4 is 16.4 Å². The van der Waals surface area contributed by atoms with Gasteiger partial charge in [-0.05, 0) is 32.2 Å². The molecule has 0 saturated carbocycles. The largest absolute Gasteiger partial charge is 0.332 e. The molecule has 2 heterocycles. The third-order valence-corrected chi connectivity index (χ3v) is 5.55. The molecule has 2 aliphatic rings. The van der Waals surface area contributed by atoms with Crippen LogP contribution in [0.15, 0.2) is 0 Å². The van der Waals surface area contributed by atoms with Crippen LogP contribution in [0, 0.1) is 0 Å². The summed E-state index contributed by atoms with van der Waals surface area (Å²) < 4.78 is 0. The first kappa shape index (κ1) is 15.6. The minimum Gasteiger partial charge on any atom is -0.332 e. The van der Waals surface area contributed by atoms with Crippen LogP contribution in [0.4, 0.5) is 4.79 Å². The number of thioether (sulfide) groups is 1. The van der Waals surface area contributed by atoms with Crippen molar-refractivity contribution in [3.8, 4) is 0 Å². The summed E-state index contributed by atoms with van der Waals surface area (Å²) in [6, 6.07) is 0.559. The maximum atomic E-state index is 11.6. The molecule has 2 saturated heterocycles. The maximum Gasteiger partial charge on any atom is 0.315 e. The zero-order valence-corrected chi connectivity index (χ0v) is 12.7. The van der Waals surface area contributed by atoms with Gasteiger partial charge in [-0.3, -0.25) is 4.79 Å². The number of amides is 2. The standard InChI is InChI=1S/C14H25N3O2S/c15-8-4-3-6-10(18)5-1-2-7-12-13-11(9-20-12)16-14(19)17-13/h11-13H,1-9,15H2,(H2,16,17,19)/t11-,12?,13-/m0/s1. The molecule has 3 atom stereocenters. The summed E-state index contributed by atoms with van der Waals surface area (Å²) in [5, 5.41) is 6.45. The number of nitrogens with one attached hydrogen (secondary N) is 2.